The first-order valence-electron chi connectivity index (χ1n) is 7.84. The molecule has 0 aliphatic rings. The van der Waals surface area contributed by atoms with Crippen molar-refractivity contribution < 1.29 is 14.3 Å². The summed E-state index contributed by atoms with van der Waals surface area (Å²) in [4.78, 5) is 24.2. The standard InChI is InChI=1S/C19H13BrN4O3/c20-15-8-6-13(7-9-15)19(26)27-12-17(25)23-18-14(10-21)11-22-24(18)16-4-2-1-3-5-16/h1-9,11H,12H2,(H,23,25). The van der Waals surface area contributed by atoms with Gasteiger partial charge >= 0.3 is 5.97 Å². The minimum Gasteiger partial charge on any atom is -0.452 e. The van der Waals surface area contributed by atoms with Crippen molar-refractivity contribution in [3.63, 3.8) is 0 Å². The number of aromatic nitrogens is 2. The molecular weight excluding hydrogens is 412 g/mol. The summed E-state index contributed by atoms with van der Waals surface area (Å²) in [5.74, 6) is -0.974. The second-order valence-electron chi connectivity index (χ2n) is 5.40. The lowest BCUT2D eigenvalue weighted by Gasteiger charge is -2.10. The predicted octanol–water partition coefficient (Wildman–Crippen LogP) is 3.30. The van der Waals surface area contributed by atoms with Crippen molar-refractivity contribution in [3.8, 4) is 11.8 Å². The normalized spacial score (nSPS) is 10.1. The predicted molar refractivity (Wildman–Crippen MR) is 101 cm³/mol. The van der Waals surface area contributed by atoms with E-state index in [-0.39, 0.29) is 11.4 Å². The van der Waals surface area contributed by atoms with Gasteiger partial charge in [-0.25, -0.2) is 9.48 Å². The Morgan fingerprint density at radius 3 is 2.52 bits per heavy atom. The van der Waals surface area contributed by atoms with Crippen molar-refractivity contribution in [2.75, 3.05) is 11.9 Å². The van der Waals surface area contributed by atoms with Crippen molar-refractivity contribution in [1.82, 2.24) is 9.78 Å². The molecule has 2 aromatic carbocycles. The molecule has 0 unspecified atom stereocenters. The molecule has 134 valence electrons. The first-order chi connectivity index (χ1) is 13.1. The maximum absolute atomic E-state index is 12.2. The Kier molecular flexibility index (Phi) is 5.64. The summed E-state index contributed by atoms with van der Waals surface area (Å²) in [6, 6.07) is 17.6. The van der Waals surface area contributed by atoms with Crippen molar-refractivity contribution in [2.45, 2.75) is 0 Å². The van der Waals surface area contributed by atoms with E-state index in [1.165, 1.54) is 10.9 Å². The molecule has 0 aliphatic heterocycles. The molecule has 0 bridgehead atoms. The molecule has 27 heavy (non-hydrogen) atoms. The van der Waals surface area contributed by atoms with Gasteiger partial charge in [0.1, 0.15) is 11.6 Å². The van der Waals surface area contributed by atoms with Crippen LogP contribution in [0.3, 0.4) is 0 Å². The zero-order chi connectivity index (χ0) is 19.2. The molecule has 0 atom stereocenters. The number of nitrogens with zero attached hydrogens (tertiary/aromatic N) is 3. The van der Waals surface area contributed by atoms with Crippen molar-refractivity contribution in [1.29, 1.82) is 5.26 Å². The molecule has 3 aromatic rings. The first kappa shape index (κ1) is 18.4. The fourth-order valence-corrected chi connectivity index (χ4v) is 2.55. The molecule has 0 aliphatic carbocycles. The summed E-state index contributed by atoms with van der Waals surface area (Å²) in [5, 5.41) is 15.9. The number of carbonyl (C=O) groups is 2. The fraction of sp³-hybridized carbons (Fsp3) is 0.0526. The lowest BCUT2D eigenvalue weighted by atomic mass is 10.2. The minimum absolute atomic E-state index is 0.200. The molecule has 0 fully saturated rings. The molecule has 8 heteroatoms. The van der Waals surface area contributed by atoms with Crippen LogP contribution in [0.1, 0.15) is 15.9 Å². The van der Waals surface area contributed by atoms with E-state index >= 15 is 0 Å². The van der Waals surface area contributed by atoms with Gasteiger partial charge in [0.15, 0.2) is 12.4 Å². The number of para-hydroxylation sites is 1. The van der Waals surface area contributed by atoms with Gasteiger partial charge in [-0.1, -0.05) is 34.1 Å². The van der Waals surface area contributed by atoms with Crippen molar-refractivity contribution in [3.05, 3.63) is 76.4 Å². The Balaban J connectivity index is 1.69. The highest BCUT2D eigenvalue weighted by Gasteiger charge is 2.16. The largest absolute Gasteiger partial charge is 0.452 e. The zero-order valence-electron chi connectivity index (χ0n) is 13.9. The third-order valence-corrected chi connectivity index (χ3v) is 4.09. The lowest BCUT2D eigenvalue weighted by Crippen LogP contribution is -2.22. The van der Waals surface area contributed by atoms with Crippen LogP contribution in [0.15, 0.2) is 65.3 Å². The van der Waals surface area contributed by atoms with E-state index in [1.807, 2.05) is 24.3 Å². The Morgan fingerprint density at radius 1 is 1.15 bits per heavy atom. The van der Waals surface area contributed by atoms with Crippen LogP contribution in [0.5, 0.6) is 0 Å². The van der Waals surface area contributed by atoms with Gasteiger partial charge < -0.3 is 10.1 Å². The molecule has 1 aromatic heterocycles. The van der Waals surface area contributed by atoms with E-state index in [1.54, 1.807) is 36.4 Å². The third-order valence-electron chi connectivity index (χ3n) is 3.56. The maximum Gasteiger partial charge on any atom is 0.338 e. The Morgan fingerprint density at radius 2 is 1.85 bits per heavy atom. The van der Waals surface area contributed by atoms with Crippen LogP contribution in [-0.2, 0) is 9.53 Å². The quantitative estimate of drug-likeness (QED) is 0.633. The number of benzene rings is 2. The number of nitriles is 1. The monoisotopic (exact) mass is 424 g/mol. The molecule has 0 saturated heterocycles. The Hall–Kier alpha value is -3.44. The SMILES string of the molecule is N#Cc1cnn(-c2ccccc2)c1NC(=O)COC(=O)c1ccc(Br)cc1. The maximum atomic E-state index is 12.2. The molecule has 1 heterocycles. The number of rotatable bonds is 5. The number of hydrogen-bond donors (Lipinski definition) is 1. The number of hydrogen-bond acceptors (Lipinski definition) is 5. The summed E-state index contributed by atoms with van der Waals surface area (Å²) < 4.78 is 7.28. The average molecular weight is 425 g/mol. The number of carbonyl (C=O) groups excluding carboxylic acids is 2. The van der Waals surface area contributed by atoms with Gasteiger partial charge in [-0.05, 0) is 36.4 Å². The van der Waals surface area contributed by atoms with Gasteiger partial charge in [-0.2, -0.15) is 10.4 Å². The van der Waals surface area contributed by atoms with Crippen molar-refractivity contribution >= 4 is 33.6 Å². The van der Waals surface area contributed by atoms with Crippen LogP contribution in [0.4, 0.5) is 5.82 Å². The zero-order valence-corrected chi connectivity index (χ0v) is 15.5. The van der Waals surface area contributed by atoms with Crippen molar-refractivity contribution in [2.24, 2.45) is 0 Å². The summed E-state index contributed by atoms with van der Waals surface area (Å²) in [7, 11) is 0. The summed E-state index contributed by atoms with van der Waals surface area (Å²) in [6.07, 6.45) is 1.36. The van der Waals surface area contributed by atoms with Crippen LogP contribution in [-0.4, -0.2) is 28.3 Å². The minimum atomic E-state index is -0.616. The van der Waals surface area contributed by atoms with E-state index in [0.717, 1.165) is 4.47 Å². The molecule has 7 nitrogen and oxygen atoms in total. The molecule has 0 spiro atoms. The molecule has 0 radical (unpaired) electrons. The summed E-state index contributed by atoms with van der Waals surface area (Å²) >= 11 is 3.28. The summed E-state index contributed by atoms with van der Waals surface area (Å²) in [5.41, 5.74) is 1.21. The van der Waals surface area contributed by atoms with E-state index in [4.69, 9.17) is 4.74 Å². The van der Waals surface area contributed by atoms with E-state index in [2.05, 4.69) is 26.3 Å². The lowest BCUT2D eigenvalue weighted by molar-refractivity contribution is -0.119. The van der Waals surface area contributed by atoms with Gasteiger partial charge in [-0.3, -0.25) is 4.79 Å². The second kappa shape index (κ2) is 8.29. The van der Waals surface area contributed by atoms with Crippen LogP contribution < -0.4 is 5.32 Å². The Bertz CT molecular complexity index is 1010. The fourth-order valence-electron chi connectivity index (χ4n) is 2.28. The summed E-state index contributed by atoms with van der Waals surface area (Å²) in [6.45, 7) is -0.486. The second-order valence-corrected chi connectivity index (χ2v) is 6.31. The van der Waals surface area contributed by atoms with E-state index in [0.29, 0.717) is 11.3 Å². The number of halogens is 1. The Labute approximate surface area is 163 Å². The number of esters is 1. The molecule has 3 rings (SSSR count). The molecular formula is C19H13BrN4O3. The number of ether oxygens (including phenoxy) is 1. The number of amides is 1. The third kappa shape index (κ3) is 4.40. The van der Waals surface area contributed by atoms with Gasteiger partial charge in [0.25, 0.3) is 5.91 Å². The van der Waals surface area contributed by atoms with Gasteiger partial charge in [0.2, 0.25) is 0 Å². The first-order valence-corrected chi connectivity index (χ1v) is 8.64. The van der Waals surface area contributed by atoms with Crippen LogP contribution in [0.25, 0.3) is 5.69 Å². The van der Waals surface area contributed by atoms with Gasteiger partial charge in [0.05, 0.1) is 17.4 Å². The average Bonchev–Trinajstić information content (AvgIpc) is 3.10. The topological polar surface area (TPSA) is 97.0 Å². The van der Waals surface area contributed by atoms with Crippen LogP contribution >= 0.6 is 15.9 Å². The number of anilines is 1. The van der Waals surface area contributed by atoms with Gasteiger partial charge in [-0.15, -0.1) is 0 Å². The van der Waals surface area contributed by atoms with E-state index < -0.39 is 18.5 Å². The smallest absolute Gasteiger partial charge is 0.338 e. The molecule has 0 saturated carbocycles. The van der Waals surface area contributed by atoms with Crippen LogP contribution in [0, 0.1) is 11.3 Å². The highest BCUT2D eigenvalue weighted by atomic mass is 79.9. The number of nitrogens with one attached hydrogen (secondary N) is 1. The highest BCUT2D eigenvalue weighted by molar-refractivity contribution is 9.10. The molecule has 1 N–H and O–H groups in total. The van der Waals surface area contributed by atoms with Gasteiger partial charge in [0, 0.05) is 4.47 Å². The van der Waals surface area contributed by atoms with Crippen LogP contribution in [0.2, 0.25) is 0 Å². The highest BCUT2D eigenvalue weighted by Crippen LogP contribution is 2.19. The van der Waals surface area contributed by atoms with E-state index in [9.17, 15) is 14.9 Å². The molecule has 1 amide bonds.